The highest BCUT2D eigenvalue weighted by atomic mass is 16.3. The van der Waals surface area contributed by atoms with E-state index in [4.69, 9.17) is 0 Å². The molecule has 0 heterocycles. The van der Waals surface area contributed by atoms with Crippen LogP contribution in [0.2, 0.25) is 0 Å². The predicted molar refractivity (Wildman–Crippen MR) is 76.5 cm³/mol. The molecule has 0 aromatic carbocycles. The third kappa shape index (κ3) is 1.84. The summed E-state index contributed by atoms with van der Waals surface area (Å²) in [6.45, 7) is 14.9. The normalized spacial score (nSPS) is 38.3. The van der Waals surface area contributed by atoms with Gasteiger partial charge in [-0.2, -0.15) is 0 Å². The maximum absolute atomic E-state index is 10.6. The third-order valence-corrected chi connectivity index (χ3v) is 6.18. The Morgan fingerprint density at radius 1 is 1.17 bits per heavy atom. The Bertz CT molecular complexity index is 302. The first-order valence-electron chi connectivity index (χ1n) is 7.66. The molecule has 2 rings (SSSR count). The van der Waals surface area contributed by atoms with E-state index in [9.17, 15) is 5.11 Å². The number of hydrogen-bond acceptors (Lipinski definition) is 2. The van der Waals surface area contributed by atoms with Crippen molar-refractivity contribution in [3.05, 3.63) is 0 Å². The molecule has 0 aromatic heterocycles. The molecule has 0 aliphatic heterocycles. The van der Waals surface area contributed by atoms with E-state index in [2.05, 4.69) is 46.4 Å². The molecule has 0 radical (unpaired) electrons. The Labute approximate surface area is 113 Å². The molecule has 0 unspecified atom stereocenters. The van der Waals surface area contributed by atoms with Crippen LogP contribution in [-0.2, 0) is 0 Å². The molecule has 0 saturated heterocycles. The molecule has 2 saturated carbocycles. The molecule has 3 atom stereocenters. The fourth-order valence-corrected chi connectivity index (χ4v) is 4.70. The van der Waals surface area contributed by atoms with Gasteiger partial charge in [-0.25, -0.2) is 0 Å². The molecule has 0 amide bonds. The number of nitrogens with zero attached hydrogens (tertiary/aromatic N) is 1. The standard InChI is InChI=1S/C16H31NO/c1-11(2)17(12(3)4)10-16-8-7-13(9-14(16)18)15(16,5)6/h11-14,18H,7-10H2,1-6H3/t13-,14-,16-/m1/s1. The summed E-state index contributed by atoms with van der Waals surface area (Å²) in [7, 11) is 0. The Kier molecular flexibility index (Phi) is 3.57. The van der Waals surface area contributed by atoms with Crippen LogP contribution in [0.5, 0.6) is 0 Å². The minimum atomic E-state index is -0.0914. The molecule has 2 aliphatic carbocycles. The van der Waals surface area contributed by atoms with Gasteiger partial charge in [0, 0.05) is 24.0 Å². The molecular weight excluding hydrogens is 222 g/mol. The van der Waals surface area contributed by atoms with E-state index < -0.39 is 0 Å². The fourth-order valence-electron chi connectivity index (χ4n) is 4.70. The van der Waals surface area contributed by atoms with Gasteiger partial charge in [-0.05, 0) is 58.3 Å². The summed E-state index contributed by atoms with van der Waals surface area (Å²) in [5, 5.41) is 10.6. The summed E-state index contributed by atoms with van der Waals surface area (Å²) in [5.74, 6) is 0.730. The third-order valence-electron chi connectivity index (χ3n) is 6.18. The first-order chi connectivity index (χ1) is 8.22. The van der Waals surface area contributed by atoms with Gasteiger partial charge in [0.1, 0.15) is 0 Å². The zero-order valence-corrected chi connectivity index (χ0v) is 13.0. The van der Waals surface area contributed by atoms with Crippen LogP contribution >= 0.6 is 0 Å². The summed E-state index contributed by atoms with van der Waals surface area (Å²) >= 11 is 0. The van der Waals surface area contributed by atoms with Gasteiger partial charge in [0.2, 0.25) is 0 Å². The van der Waals surface area contributed by atoms with Crippen LogP contribution in [0.25, 0.3) is 0 Å². The Morgan fingerprint density at radius 2 is 1.72 bits per heavy atom. The van der Waals surface area contributed by atoms with Crippen LogP contribution in [0.4, 0.5) is 0 Å². The lowest BCUT2D eigenvalue weighted by Crippen LogP contribution is -2.52. The first-order valence-corrected chi connectivity index (χ1v) is 7.66. The molecule has 2 aliphatic rings. The van der Waals surface area contributed by atoms with Gasteiger partial charge in [0.15, 0.2) is 0 Å². The van der Waals surface area contributed by atoms with Crippen molar-refractivity contribution in [1.82, 2.24) is 4.90 Å². The summed E-state index contributed by atoms with van der Waals surface area (Å²) in [5.41, 5.74) is 0.431. The second kappa shape index (κ2) is 4.49. The van der Waals surface area contributed by atoms with Gasteiger partial charge >= 0.3 is 0 Å². The quantitative estimate of drug-likeness (QED) is 0.831. The maximum Gasteiger partial charge on any atom is 0.0616 e. The minimum Gasteiger partial charge on any atom is -0.392 e. The molecular formula is C16H31NO. The van der Waals surface area contributed by atoms with Gasteiger partial charge in [-0.3, -0.25) is 4.90 Å². The van der Waals surface area contributed by atoms with Crippen molar-refractivity contribution < 1.29 is 5.11 Å². The largest absolute Gasteiger partial charge is 0.392 e. The minimum absolute atomic E-state index is 0.0914. The SMILES string of the molecule is CC(C)N(C[C@]12CC[C@H](C[C@H]1O)C2(C)C)C(C)C. The van der Waals surface area contributed by atoms with Crippen molar-refractivity contribution in [3.63, 3.8) is 0 Å². The average Bonchev–Trinajstić information content (AvgIpc) is 2.58. The number of aliphatic hydroxyl groups excluding tert-OH is 1. The molecule has 1 N–H and O–H groups in total. The fraction of sp³-hybridized carbons (Fsp3) is 1.00. The molecule has 2 fully saturated rings. The zero-order valence-electron chi connectivity index (χ0n) is 13.0. The van der Waals surface area contributed by atoms with Gasteiger partial charge in [-0.15, -0.1) is 0 Å². The van der Waals surface area contributed by atoms with Crippen LogP contribution < -0.4 is 0 Å². The molecule has 2 heteroatoms. The molecule has 18 heavy (non-hydrogen) atoms. The molecule has 0 aromatic rings. The molecule has 2 nitrogen and oxygen atoms in total. The zero-order chi connectivity index (χ0) is 13.7. The smallest absolute Gasteiger partial charge is 0.0616 e. The Morgan fingerprint density at radius 3 is 2.06 bits per heavy atom. The molecule has 2 bridgehead atoms. The van der Waals surface area contributed by atoms with E-state index in [1.54, 1.807) is 0 Å². The molecule has 106 valence electrons. The summed E-state index contributed by atoms with van der Waals surface area (Å²) in [6, 6.07) is 1.11. The second-order valence-electron chi connectivity index (χ2n) is 7.72. The topological polar surface area (TPSA) is 23.5 Å². The summed E-state index contributed by atoms with van der Waals surface area (Å²) in [6.07, 6.45) is 3.46. The Hall–Kier alpha value is -0.0800. The maximum atomic E-state index is 10.6. The lowest BCUT2D eigenvalue weighted by atomic mass is 9.67. The highest BCUT2D eigenvalue weighted by molar-refractivity contribution is 5.14. The lowest BCUT2D eigenvalue weighted by Gasteiger charge is -2.46. The van der Waals surface area contributed by atoms with Crippen molar-refractivity contribution in [3.8, 4) is 0 Å². The van der Waals surface area contributed by atoms with Gasteiger partial charge in [0.05, 0.1) is 6.10 Å². The molecule has 0 spiro atoms. The van der Waals surface area contributed by atoms with Crippen molar-refractivity contribution in [2.75, 3.05) is 6.54 Å². The number of rotatable bonds is 4. The number of hydrogen-bond donors (Lipinski definition) is 1. The highest BCUT2D eigenvalue weighted by Crippen LogP contribution is 2.65. The van der Waals surface area contributed by atoms with Crippen LogP contribution in [0.3, 0.4) is 0 Å². The van der Waals surface area contributed by atoms with Crippen LogP contribution in [-0.4, -0.2) is 34.7 Å². The predicted octanol–water partition coefficient (Wildman–Crippen LogP) is 3.29. The Balaban J connectivity index is 2.25. The van der Waals surface area contributed by atoms with Crippen LogP contribution in [0.1, 0.15) is 60.8 Å². The van der Waals surface area contributed by atoms with E-state index in [1.807, 2.05) is 0 Å². The van der Waals surface area contributed by atoms with Gasteiger partial charge in [-0.1, -0.05) is 13.8 Å². The second-order valence-corrected chi connectivity index (χ2v) is 7.72. The van der Waals surface area contributed by atoms with Gasteiger partial charge < -0.3 is 5.11 Å². The van der Waals surface area contributed by atoms with Crippen LogP contribution in [0, 0.1) is 16.7 Å². The lowest BCUT2D eigenvalue weighted by molar-refractivity contribution is -0.0433. The van der Waals surface area contributed by atoms with E-state index in [0.29, 0.717) is 17.5 Å². The number of aliphatic hydroxyl groups is 1. The summed E-state index contributed by atoms with van der Waals surface area (Å²) < 4.78 is 0. The van der Waals surface area contributed by atoms with E-state index in [1.165, 1.54) is 12.8 Å². The van der Waals surface area contributed by atoms with Gasteiger partial charge in [0.25, 0.3) is 0 Å². The number of fused-ring (bicyclic) bond motifs is 2. The van der Waals surface area contributed by atoms with Crippen molar-refractivity contribution in [2.24, 2.45) is 16.7 Å². The van der Waals surface area contributed by atoms with E-state index >= 15 is 0 Å². The first kappa shape index (κ1) is 14.3. The van der Waals surface area contributed by atoms with Crippen molar-refractivity contribution in [2.45, 2.75) is 79.0 Å². The average molecular weight is 253 g/mol. The van der Waals surface area contributed by atoms with Crippen molar-refractivity contribution >= 4 is 0 Å². The summed E-state index contributed by atoms with van der Waals surface area (Å²) in [4.78, 5) is 2.57. The van der Waals surface area contributed by atoms with Crippen LogP contribution in [0.15, 0.2) is 0 Å². The highest BCUT2D eigenvalue weighted by Gasteiger charge is 2.64. The monoisotopic (exact) mass is 253 g/mol. The van der Waals surface area contributed by atoms with Crippen molar-refractivity contribution in [1.29, 1.82) is 0 Å². The van der Waals surface area contributed by atoms with E-state index in [0.717, 1.165) is 18.9 Å². The van der Waals surface area contributed by atoms with E-state index in [-0.39, 0.29) is 11.5 Å².